The monoisotopic (exact) mass is 523 g/mol. The summed E-state index contributed by atoms with van der Waals surface area (Å²) in [5.41, 5.74) is 1.80. The van der Waals surface area contributed by atoms with Crippen LogP contribution in [-0.2, 0) is 16.0 Å². The van der Waals surface area contributed by atoms with Gasteiger partial charge in [-0.15, -0.1) is 0 Å². The minimum atomic E-state index is -0.415. The van der Waals surface area contributed by atoms with Gasteiger partial charge in [0, 0.05) is 56.8 Å². The Kier molecular flexibility index (Phi) is 8.62. The van der Waals surface area contributed by atoms with Gasteiger partial charge in [-0.25, -0.2) is 14.8 Å². The molecule has 2 aromatic heterocycles. The average Bonchev–Trinajstić information content (AvgIpc) is 3.47. The number of amides is 2. The number of carbonyl (C=O) groups is 2. The molecule has 12 heteroatoms. The number of rotatable bonds is 9. The molecule has 1 N–H and O–H groups in total. The Bertz CT molecular complexity index is 1250. The molecule has 1 atom stereocenters. The zero-order valence-corrected chi connectivity index (χ0v) is 22.1. The van der Waals surface area contributed by atoms with Crippen molar-refractivity contribution in [2.45, 2.75) is 25.8 Å². The van der Waals surface area contributed by atoms with Crippen LogP contribution in [0.15, 0.2) is 43.0 Å². The van der Waals surface area contributed by atoms with Crippen molar-refractivity contribution in [2.24, 2.45) is 0 Å². The molecule has 2 amide bonds. The lowest BCUT2D eigenvalue weighted by Gasteiger charge is -2.41. The van der Waals surface area contributed by atoms with Crippen LogP contribution in [0.25, 0.3) is 5.95 Å². The van der Waals surface area contributed by atoms with Crippen molar-refractivity contribution >= 4 is 17.8 Å². The van der Waals surface area contributed by atoms with Crippen LogP contribution in [-0.4, -0.2) is 90.0 Å². The number of carbonyl (C=O) groups excluding carboxylic acids is 2. The zero-order valence-electron chi connectivity index (χ0n) is 22.1. The Hall–Kier alpha value is -4.35. The second-order valence-electron chi connectivity index (χ2n) is 8.89. The van der Waals surface area contributed by atoms with Gasteiger partial charge in [-0.1, -0.05) is 6.07 Å². The first-order chi connectivity index (χ1) is 18.4. The standard InChI is InChI=1S/C26H33N7O5/c1-18-13-23(30-25(29-18)32-10-9-27-17-32)33-12-11-31(26(35)38-4)16-20(33)15-24(34)28-8-7-19-5-6-21(36-2)22(14-19)37-3/h5-6,9-10,13-14,17,20H,7-8,11-12,15-16H2,1-4H3,(H,28,34). The number of nitrogens with one attached hydrogen (secondary N) is 1. The summed E-state index contributed by atoms with van der Waals surface area (Å²) in [5.74, 6) is 2.36. The summed E-state index contributed by atoms with van der Waals surface area (Å²) in [6.45, 7) is 3.64. The number of ether oxygens (including phenoxy) is 3. The van der Waals surface area contributed by atoms with Gasteiger partial charge in [0.25, 0.3) is 0 Å². The summed E-state index contributed by atoms with van der Waals surface area (Å²) in [5, 5.41) is 3.00. The molecular formula is C26H33N7O5. The lowest BCUT2D eigenvalue weighted by Crippen LogP contribution is -2.56. The molecule has 1 aromatic carbocycles. The molecule has 38 heavy (non-hydrogen) atoms. The van der Waals surface area contributed by atoms with Crippen molar-refractivity contribution in [3.63, 3.8) is 0 Å². The molecule has 1 fully saturated rings. The first-order valence-corrected chi connectivity index (χ1v) is 12.3. The molecule has 3 aromatic rings. The number of benzene rings is 1. The molecule has 0 aliphatic carbocycles. The van der Waals surface area contributed by atoms with Gasteiger partial charge in [0.15, 0.2) is 11.5 Å². The molecule has 1 saturated heterocycles. The Morgan fingerprint density at radius 2 is 1.89 bits per heavy atom. The van der Waals surface area contributed by atoms with Crippen LogP contribution in [0.2, 0.25) is 0 Å². The zero-order chi connectivity index (χ0) is 27.1. The van der Waals surface area contributed by atoms with Crippen molar-refractivity contribution in [1.82, 2.24) is 29.7 Å². The molecule has 0 saturated carbocycles. The van der Waals surface area contributed by atoms with E-state index < -0.39 is 6.09 Å². The second-order valence-corrected chi connectivity index (χ2v) is 8.89. The third-order valence-corrected chi connectivity index (χ3v) is 6.38. The van der Waals surface area contributed by atoms with Gasteiger partial charge in [-0.2, -0.15) is 4.98 Å². The molecule has 4 rings (SSSR count). The van der Waals surface area contributed by atoms with Crippen LogP contribution < -0.4 is 19.7 Å². The summed E-state index contributed by atoms with van der Waals surface area (Å²) < 4.78 is 17.3. The van der Waals surface area contributed by atoms with Crippen molar-refractivity contribution < 1.29 is 23.8 Å². The molecular weight excluding hydrogens is 490 g/mol. The summed E-state index contributed by atoms with van der Waals surface area (Å²) >= 11 is 0. The first kappa shape index (κ1) is 26.7. The number of nitrogens with zero attached hydrogens (tertiary/aromatic N) is 6. The van der Waals surface area contributed by atoms with Gasteiger partial charge in [0.05, 0.1) is 27.4 Å². The summed E-state index contributed by atoms with van der Waals surface area (Å²) in [7, 11) is 4.54. The van der Waals surface area contributed by atoms with Crippen LogP contribution in [0.1, 0.15) is 17.7 Å². The van der Waals surface area contributed by atoms with Crippen LogP contribution in [0.5, 0.6) is 11.5 Å². The predicted octanol–water partition coefficient (Wildman–Crippen LogP) is 1.99. The molecule has 1 unspecified atom stereocenters. The topological polar surface area (TPSA) is 124 Å². The number of hydrogen-bond donors (Lipinski definition) is 1. The first-order valence-electron chi connectivity index (χ1n) is 12.3. The summed E-state index contributed by atoms with van der Waals surface area (Å²) in [4.78, 5) is 42.3. The highest BCUT2D eigenvalue weighted by Crippen LogP contribution is 2.27. The molecule has 0 bridgehead atoms. The van der Waals surface area contributed by atoms with Gasteiger partial charge in [-0.3, -0.25) is 9.36 Å². The van der Waals surface area contributed by atoms with Gasteiger partial charge in [0.2, 0.25) is 11.9 Å². The van der Waals surface area contributed by atoms with Crippen molar-refractivity contribution in [3.05, 3.63) is 54.2 Å². The Morgan fingerprint density at radius 1 is 1.08 bits per heavy atom. The van der Waals surface area contributed by atoms with E-state index in [9.17, 15) is 9.59 Å². The van der Waals surface area contributed by atoms with E-state index in [0.29, 0.717) is 55.9 Å². The molecule has 0 radical (unpaired) electrons. The predicted molar refractivity (Wildman–Crippen MR) is 140 cm³/mol. The maximum atomic E-state index is 13.0. The second kappa shape index (κ2) is 12.3. The van der Waals surface area contributed by atoms with Gasteiger partial charge < -0.3 is 29.3 Å². The number of aryl methyl sites for hydroxylation is 1. The van der Waals surface area contributed by atoms with Crippen LogP contribution in [0, 0.1) is 6.92 Å². The van der Waals surface area contributed by atoms with Gasteiger partial charge in [0.1, 0.15) is 12.1 Å². The van der Waals surface area contributed by atoms with Crippen LogP contribution in [0.3, 0.4) is 0 Å². The highest BCUT2D eigenvalue weighted by Gasteiger charge is 2.32. The van der Waals surface area contributed by atoms with E-state index in [-0.39, 0.29) is 18.4 Å². The maximum Gasteiger partial charge on any atom is 0.409 e. The van der Waals surface area contributed by atoms with Crippen molar-refractivity contribution in [1.29, 1.82) is 0 Å². The average molecular weight is 524 g/mol. The number of imidazole rings is 1. The molecule has 1 aliphatic heterocycles. The van der Waals surface area contributed by atoms with Gasteiger partial charge in [-0.05, 0) is 31.0 Å². The van der Waals surface area contributed by atoms with E-state index in [4.69, 9.17) is 19.2 Å². The van der Waals surface area contributed by atoms with Crippen LogP contribution in [0.4, 0.5) is 10.6 Å². The Balaban J connectivity index is 1.45. The third-order valence-electron chi connectivity index (χ3n) is 6.38. The SMILES string of the molecule is COC(=O)N1CCN(c2cc(C)nc(-n3ccnc3)n2)C(CC(=O)NCCc2ccc(OC)c(OC)c2)C1. The molecule has 3 heterocycles. The van der Waals surface area contributed by atoms with Crippen molar-refractivity contribution in [3.8, 4) is 17.4 Å². The molecule has 0 spiro atoms. The molecule has 202 valence electrons. The number of hydrogen-bond acceptors (Lipinski definition) is 9. The highest BCUT2D eigenvalue weighted by atomic mass is 16.5. The minimum Gasteiger partial charge on any atom is -0.493 e. The van der Waals surface area contributed by atoms with E-state index in [0.717, 1.165) is 11.3 Å². The van der Waals surface area contributed by atoms with E-state index in [2.05, 4.69) is 20.2 Å². The number of aromatic nitrogens is 4. The molecule has 12 nitrogen and oxygen atoms in total. The lowest BCUT2D eigenvalue weighted by molar-refractivity contribution is -0.121. The Labute approximate surface area is 221 Å². The summed E-state index contributed by atoms with van der Waals surface area (Å²) in [6, 6.07) is 7.28. The number of anilines is 1. The minimum absolute atomic E-state index is 0.118. The van der Waals surface area contributed by atoms with E-state index in [1.165, 1.54) is 7.11 Å². The smallest absolute Gasteiger partial charge is 0.409 e. The van der Waals surface area contributed by atoms with E-state index in [1.807, 2.05) is 31.2 Å². The largest absolute Gasteiger partial charge is 0.493 e. The lowest BCUT2D eigenvalue weighted by atomic mass is 10.1. The number of methoxy groups -OCH3 is 3. The quantitative estimate of drug-likeness (QED) is 0.448. The maximum absolute atomic E-state index is 13.0. The number of piperazine rings is 1. The normalized spacial score (nSPS) is 15.2. The third kappa shape index (κ3) is 6.31. The summed E-state index contributed by atoms with van der Waals surface area (Å²) in [6.07, 6.45) is 5.47. The fourth-order valence-electron chi connectivity index (χ4n) is 4.47. The van der Waals surface area contributed by atoms with Crippen LogP contribution >= 0.6 is 0 Å². The van der Waals surface area contributed by atoms with E-state index >= 15 is 0 Å². The fourth-order valence-corrected chi connectivity index (χ4v) is 4.47. The molecule has 1 aliphatic rings. The Morgan fingerprint density at radius 3 is 2.61 bits per heavy atom. The van der Waals surface area contributed by atoms with E-state index in [1.54, 1.807) is 42.4 Å². The fraction of sp³-hybridized carbons (Fsp3) is 0.423. The van der Waals surface area contributed by atoms with Crippen molar-refractivity contribution in [2.75, 3.05) is 52.4 Å². The van der Waals surface area contributed by atoms with Gasteiger partial charge >= 0.3 is 6.09 Å². The highest BCUT2D eigenvalue weighted by molar-refractivity contribution is 5.77.